The summed E-state index contributed by atoms with van der Waals surface area (Å²) in [5, 5.41) is 7.53. The van der Waals surface area contributed by atoms with Gasteiger partial charge in [-0.15, -0.1) is 0 Å². The molecule has 0 fully saturated rings. The first-order valence-corrected chi connectivity index (χ1v) is 7.63. The smallest absolute Gasteiger partial charge is 0.255 e. The summed E-state index contributed by atoms with van der Waals surface area (Å²) < 4.78 is 40.7. The monoisotopic (exact) mass is 324 g/mol. The lowest BCUT2D eigenvalue weighted by Gasteiger charge is -2.08. The fourth-order valence-electron chi connectivity index (χ4n) is 1.76. The van der Waals surface area contributed by atoms with Crippen LogP contribution < -0.4 is 15.2 Å². The van der Waals surface area contributed by atoms with E-state index in [0.717, 1.165) is 12.1 Å². The Morgan fingerprint density at radius 2 is 1.95 bits per heavy atom. The molecule has 0 unspecified atom stereocenters. The Morgan fingerprint density at radius 3 is 2.59 bits per heavy atom. The predicted molar refractivity (Wildman–Crippen MR) is 78.7 cm³/mol. The third-order valence-corrected chi connectivity index (χ3v) is 3.74. The van der Waals surface area contributed by atoms with E-state index in [1.807, 2.05) is 0 Å². The van der Waals surface area contributed by atoms with Crippen LogP contribution in [0.25, 0.3) is 0 Å². The molecular formula is C14H13FN2O4S. The molecule has 6 nitrogen and oxygen atoms in total. The first kappa shape index (κ1) is 15.9. The van der Waals surface area contributed by atoms with Gasteiger partial charge in [-0.05, 0) is 30.3 Å². The summed E-state index contributed by atoms with van der Waals surface area (Å²) in [5.74, 6) is -1.13. The van der Waals surface area contributed by atoms with Crippen LogP contribution in [0.5, 0.6) is 5.75 Å². The van der Waals surface area contributed by atoms with Crippen LogP contribution in [0.2, 0.25) is 0 Å². The van der Waals surface area contributed by atoms with Crippen LogP contribution in [0.15, 0.2) is 47.4 Å². The number of hydrogen-bond donors (Lipinski definition) is 2. The summed E-state index contributed by atoms with van der Waals surface area (Å²) in [6.45, 7) is 0. The van der Waals surface area contributed by atoms with E-state index in [9.17, 15) is 17.6 Å². The maximum absolute atomic E-state index is 13.3. The van der Waals surface area contributed by atoms with Gasteiger partial charge in [0.05, 0.1) is 12.0 Å². The van der Waals surface area contributed by atoms with E-state index in [2.05, 4.69) is 5.32 Å². The molecule has 1 amide bonds. The number of methoxy groups -OCH3 is 1. The molecule has 0 saturated carbocycles. The molecule has 8 heteroatoms. The SMILES string of the molecule is COc1cc(NC(=O)c2cccc(S(N)(=O)=O)c2)ccc1F. The van der Waals surface area contributed by atoms with Gasteiger partial charge in [0.1, 0.15) is 0 Å². The number of halogens is 1. The average molecular weight is 324 g/mol. The molecule has 2 rings (SSSR count). The number of anilines is 1. The molecular weight excluding hydrogens is 311 g/mol. The van der Waals surface area contributed by atoms with Crippen molar-refractivity contribution >= 4 is 21.6 Å². The number of amides is 1. The van der Waals surface area contributed by atoms with Gasteiger partial charge in [-0.25, -0.2) is 17.9 Å². The molecule has 3 N–H and O–H groups in total. The maximum atomic E-state index is 13.3. The molecule has 116 valence electrons. The van der Waals surface area contributed by atoms with E-state index >= 15 is 0 Å². The summed E-state index contributed by atoms with van der Waals surface area (Å²) in [5.41, 5.74) is 0.416. The first-order valence-electron chi connectivity index (χ1n) is 6.09. The van der Waals surface area contributed by atoms with E-state index in [1.54, 1.807) is 0 Å². The molecule has 2 aromatic carbocycles. The van der Waals surface area contributed by atoms with Crippen molar-refractivity contribution in [1.29, 1.82) is 0 Å². The number of carbonyl (C=O) groups excluding carboxylic acids is 1. The summed E-state index contributed by atoms with van der Waals surface area (Å²) in [7, 11) is -2.59. The molecule has 0 aliphatic rings. The second-order valence-electron chi connectivity index (χ2n) is 4.38. The molecule has 0 aromatic heterocycles. The molecule has 2 aromatic rings. The van der Waals surface area contributed by atoms with Crippen LogP contribution in [0, 0.1) is 5.82 Å². The Bertz CT molecular complexity index is 821. The molecule has 0 bridgehead atoms. The third-order valence-electron chi connectivity index (χ3n) is 2.83. The Hall–Kier alpha value is -2.45. The van der Waals surface area contributed by atoms with Crippen LogP contribution in [0.3, 0.4) is 0 Å². The van der Waals surface area contributed by atoms with Crippen molar-refractivity contribution in [2.75, 3.05) is 12.4 Å². The zero-order valence-electron chi connectivity index (χ0n) is 11.5. The third kappa shape index (κ3) is 3.60. The minimum atomic E-state index is -3.90. The van der Waals surface area contributed by atoms with Crippen molar-refractivity contribution in [3.05, 3.63) is 53.8 Å². The van der Waals surface area contributed by atoms with Crippen LogP contribution >= 0.6 is 0 Å². The largest absolute Gasteiger partial charge is 0.494 e. The van der Waals surface area contributed by atoms with Gasteiger partial charge in [0.2, 0.25) is 10.0 Å². The summed E-state index contributed by atoms with van der Waals surface area (Å²) in [4.78, 5) is 11.9. The Labute approximate surface area is 126 Å². The highest BCUT2D eigenvalue weighted by Crippen LogP contribution is 2.22. The highest BCUT2D eigenvalue weighted by molar-refractivity contribution is 7.89. The Kier molecular flexibility index (Phi) is 4.43. The summed E-state index contributed by atoms with van der Waals surface area (Å²) in [6.07, 6.45) is 0. The fraction of sp³-hybridized carbons (Fsp3) is 0.0714. The maximum Gasteiger partial charge on any atom is 0.255 e. The van der Waals surface area contributed by atoms with E-state index in [4.69, 9.17) is 9.88 Å². The highest BCUT2D eigenvalue weighted by atomic mass is 32.2. The van der Waals surface area contributed by atoms with Crippen molar-refractivity contribution in [2.45, 2.75) is 4.90 Å². The van der Waals surface area contributed by atoms with E-state index in [1.165, 1.54) is 37.4 Å². The molecule has 0 spiro atoms. The van der Waals surface area contributed by atoms with Crippen molar-refractivity contribution in [2.24, 2.45) is 5.14 Å². The number of hydrogen-bond acceptors (Lipinski definition) is 4. The molecule has 0 aliphatic heterocycles. The number of nitrogens with one attached hydrogen (secondary N) is 1. The van der Waals surface area contributed by atoms with Gasteiger partial charge in [-0.3, -0.25) is 4.79 Å². The Balaban J connectivity index is 2.26. The van der Waals surface area contributed by atoms with Crippen molar-refractivity contribution in [1.82, 2.24) is 0 Å². The van der Waals surface area contributed by atoms with Crippen LogP contribution in [-0.4, -0.2) is 21.4 Å². The van der Waals surface area contributed by atoms with Gasteiger partial charge in [0, 0.05) is 17.3 Å². The molecule has 0 atom stereocenters. The van der Waals surface area contributed by atoms with Crippen LogP contribution in [0.1, 0.15) is 10.4 Å². The zero-order valence-corrected chi connectivity index (χ0v) is 12.4. The van der Waals surface area contributed by atoms with Crippen LogP contribution in [-0.2, 0) is 10.0 Å². The number of rotatable bonds is 4. The minimum absolute atomic E-state index is 0.0175. The summed E-state index contributed by atoms with van der Waals surface area (Å²) in [6, 6.07) is 9.11. The van der Waals surface area contributed by atoms with E-state index in [0.29, 0.717) is 5.69 Å². The fourth-order valence-corrected chi connectivity index (χ4v) is 2.31. The van der Waals surface area contributed by atoms with Crippen molar-refractivity contribution in [3.8, 4) is 5.75 Å². The minimum Gasteiger partial charge on any atom is -0.494 e. The lowest BCUT2D eigenvalue weighted by atomic mass is 10.2. The zero-order chi connectivity index (χ0) is 16.3. The second-order valence-corrected chi connectivity index (χ2v) is 5.94. The van der Waals surface area contributed by atoms with Crippen LogP contribution in [0.4, 0.5) is 10.1 Å². The average Bonchev–Trinajstić information content (AvgIpc) is 2.48. The number of benzene rings is 2. The molecule has 22 heavy (non-hydrogen) atoms. The first-order chi connectivity index (χ1) is 10.3. The van der Waals surface area contributed by atoms with Gasteiger partial charge < -0.3 is 10.1 Å². The predicted octanol–water partition coefficient (Wildman–Crippen LogP) is 1.73. The van der Waals surface area contributed by atoms with Crippen molar-refractivity contribution < 1.29 is 22.3 Å². The van der Waals surface area contributed by atoms with E-state index < -0.39 is 21.7 Å². The van der Waals surface area contributed by atoms with Gasteiger partial charge >= 0.3 is 0 Å². The molecule has 0 heterocycles. The van der Waals surface area contributed by atoms with Crippen molar-refractivity contribution in [3.63, 3.8) is 0 Å². The lowest BCUT2D eigenvalue weighted by molar-refractivity contribution is 0.102. The molecule has 0 saturated heterocycles. The standard InChI is InChI=1S/C14H13FN2O4S/c1-21-13-8-10(5-6-12(13)15)17-14(18)9-3-2-4-11(7-9)22(16,19)20/h2-8H,1H3,(H,17,18)(H2,16,19,20). The van der Waals surface area contributed by atoms with E-state index in [-0.39, 0.29) is 16.2 Å². The molecule has 0 radical (unpaired) electrons. The highest BCUT2D eigenvalue weighted by Gasteiger charge is 2.13. The number of ether oxygens (including phenoxy) is 1. The topological polar surface area (TPSA) is 98.5 Å². The van der Waals surface area contributed by atoms with Gasteiger partial charge in [-0.2, -0.15) is 0 Å². The second kappa shape index (κ2) is 6.12. The molecule has 0 aliphatic carbocycles. The number of sulfonamides is 1. The number of primary sulfonamides is 1. The number of nitrogens with two attached hydrogens (primary N) is 1. The Morgan fingerprint density at radius 1 is 1.23 bits per heavy atom. The summed E-state index contributed by atoms with van der Waals surface area (Å²) >= 11 is 0. The number of carbonyl (C=O) groups is 1. The quantitative estimate of drug-likeness (QED) is 0.895. The normalized spacial score (nSPS) is 11.0. The lowest BCUT2D eigenvalue weighted by Crippen LogP contribution is -2.15. The van der Waals surface area contributed by atoms with Gasteiger partial charge in [0.25, 0.3) is 5.91 Å². The van der Waals surface area contributed by atoms with Gasteiger partial charge in [-0.1, -0.05) is 6.07 Å². The van der Waals surface area contributed by atoms with Gasteiger partial charge in [0.15, 0.2) is 11.6 Å².